The largest absolute Gasteiger partial charge is 0.496 e. The van der Waals surface area contributed by atoms with Crippen LogP contribution in [0.1, 0.15) is 13.8 Å². The predicted molar refractivity (Wildman–Crippen MR) is 86.9 cm³/mol. The van der Waals surface area contributed by atoms with Crippen molar-refractivity contribution in [1.82, 2.24) is 14.4 Å². The van der Waals surface area contributed by atoms with Crippen LogP contribution in [0, 0.1) is 0 Å². The SMILES string of the molecule is COc1cc2c(cc1-c1cnc3c(OC(C)C)nccn13)OCO2. The monoisotopic (exact) mass is 327 g/mol. The predicted octanol–water partition coefficient (Wildman–Crippen LogP) is 2.92. The second-order valence-electron chi connectivity index (χ2n) is 5.64. The topological polar surface area (TPSA) is 67.1 Å². The molecule has 0 spiro atoms. The Kier molecular flexibility index (Phi) is 3.41. The fourth-order valence-electron chi connectivity index (χ4n) is 2.69. The average molecular weight is 327 g/mol. The van der Waals surface area contributed by atoms with Crippen LogP contribution in [-0.2, 0) is 0 Å². The van der Waals surface area contributed by atoms with Crippen LogP contribution in [0.25, 0.3) is 16.9 Å². The molecule has 0 saturated carbocycles. The molecular formula is C17H17N3O4. The number of aromatic nitrogens is 3. The molecule has 1 aromatic carbocycles. The highest BCUT2D eigenvalue weighted by molar-refractivity contribution is 5.74. The van der Waals surface area contributed by atoms with Crippen molar-refractivity contribution in [3.8, 4) is 34.4 Å². The first-order valence-electron chi connectivity index (χ1n) is 7.64. The van der Waals surface area contributed by atoms with E-state index in [1.165, 1.54) is 0 Å². The molecule has 0 aliphatic carbocycles. The third-order valence-electron chi connectivity index (χ3n) is 3.71. The molecule has 0 amide bonds. The van der Waals surface area contributed by atoms with E-state index in [4.69, 9.17) is 18.9 Å². The molecule has 0 unspecified atom stereocenters. The van der Waals surface area contributed by atoms with Crippen molar-refractivity contribution in [2.45, 2.75) is 20.0 Å². The van der Waals surface area contributed by atoms with Crippen LogP contribution in [0.3, 0.4) is 0 Å². The van der Waals surface area contributed by atoms with E-state index < -0.39 is 0 Å². The molecular weight excluding hydrogens is 310 g/mol. The maximum absolute atomic E-state index is 5.74. The Bertz CT molecular complexity index is 904. The summed E-state index contributed by atoms with van der Waals surface area (Å²) in [7, 11) is 1.62. The zero-order valence-corrected chi connectivity index (χ0v) is 13.6. The summed E-state index contributed by atoms with van der Waals surface area (Å²) in [6.07, 6.45) is 5.32. The van der Waals surface area contributed by atoms with Gasteiger partial charge in [-0.25, -0.2) is 9.97 Å². The quantitative estimate of drug-likeness (QED) is 0.734. The summed E-state index contributed by atoms with van der Waals surface area (Å²) in [6.45, 7) is 4.12. The number of ether oxygens (including phenoxy) is 4. The van der Waals surface area contributed by atoms with Gasteiger partial charge in [0.2, 0.25) is 12.4 Å². The summed E-state index contributed by atoms with van der Waals surface area (Å²) < 4.78 is 24.1. The third kappa shape index (κ3) is 2.29. The first-order valence-corrected chi connectivity index (χ1v) is 7.64. The highest BCUT2D eigenvalue weighted by atomic mass is 16.7. The number of hydrogen-bond donors (Lipinski definition) is 0. The average Bonchev–Trinajstić information content (AvgIpc) is 3.19. The van der Waals surface area contributed by atoms with E-state index in [2.05, 4.69) is 9.97 Å². The molecule has 0 radical (unpaired) electrons. The summed E-state index contributed by atoms with van der Waals surface area (Å²) >= 11 is 0. The second kappa shape index (κ2) is 5.59. The molecule has 1 aliphatic rings. The molecule has 0 fully saturated rings. The molecule has 2 aromatic heterocycles. The van der Waals surface area contributed by atoms with E-state index >= 15 is 0 Å². The van der Waals surface area contributed by atoms with E-state index in [0.29, 0.717) is 28.8 Å². The lowest BCUT2D eigenvalue weighted by molar-refractivity contribution is 0.174. The van der Waals surface area contributed by atoms with E-state index in [-0.39, 0.29) is 12.9 Å². The lowest BCUT2D eigenvalue weighted by Crippen LogP contribution is -2.08. The Morgan fingerprint density at radius 3 is 2.71 bits per heavy atom. The van der Waals surface area contributed by atoms with Gasteiger partial charge in [0.15, 0.2) is 11.5 Å². The standard InChI is InChI=1S/C17H17N3O4/c1-10(2)24-17-16-19-8-12(20(16)5-4-18-17)11-6-14-15(23-9-22-14)7-13(11)21-3/h4-8,10H,9H2,1-3H3. The Balaban J connectivity index is 1.88. The van der Waals surface area contributed by atoms with E-state index in [0.717, 1.165) is 11.3 Å². The minimum absolute atomic E-state index is 0.0175. The Morgan fingerprint density at radius 1 is 1.17 bits per heavy atom. The second-order valence-corrected chi connectivity index (χ2v) is 5.64. The molecule has 0 saturated heterocycles. The van der Waals surface area contributed by atoms with Crippen LogP contribution in [0.15, 0.2) is 30.7 Å². The number of nitrogens with zero attached hydrogens (tertiary/aromatic N) is 3. The van der Waals surface area contributed by atoms with Crippen molar-refractivity contribution in [2.75, 3.05) is 13.9 Å². The molecule has 24 heavy (non-hydrogen) atoms. The lowest BCUT2D eigenvalue weighted by Gasteiger charge is -2.11. The Morgan fingerprint density at radius 2 is 1.96 bits per heavy atom. The van der Waals surface area contributed by atoms with Gasteiger partial charge in [-0.05, 0) is 19.9 Å². The van der Waals surface area contributed by atoms with Gasteiger partial charge in [0, 0.05) is 24.0 Å². The number of fused-ring (bicyclic) bond motifs is 2. The molecule has 7 heteroatoms. The Hall–Kier alpha value is -2.96. The summed E-state index contributed by atoms with van der Waals surface area (Å²) in [5, 5.41) is 0. The highest BCUT2D eigenvalue weighted by Crippen LogP contribution is 2.42. The van der Waals surface area contributed by atoms with Crippen molar-refractivity contribution in [1.29, 1.82) is 0 Å². The van der Waals surface area contributed by atoms with E-state index in [1.807, 2.05) is 36.6 Å². The zero-order chi connectivity index (χ0) is 16.7. The van der Waals surface area contributed by atoms with Gasteiger partial charge in [0.25, 0.3) is 5.88 Å². The third-order valence-corrected chi connectivity index (χ3v) is 3.71. The summed E-state index contributed by atoms with van der Waals surface area (Å²) in [6, 6.07) is 3.72. The smallest absolute Gasteiger partial charge is 0.258 e. The molecule has 0 N–H and O–H groups in total. The fourth-order valence-corrected chi connectivity index (χ4v) is 2.69. The first-order chi connectivity index (χ1) is 11.7. The minimum Gasteiger partial charge on any atom is -0.496 e. The van der Waals surface area contributed by atoms with Gasteiger partial charge in [0.05, 0.1) is 25.1 Å². The van der Waals surface area contributed by atoms with Gasteiger partial charge in [-0.1, -0.05) is 0 Å². The van der Waals surface area contributed by atoms with Gasteiger partial charge in [0.1, 0.15) is 5.75 Å². The van der Waals surface area contributed by atoms with Crippen molar-refractivity contribution < 1.29 is 18.9 Å². The maximum atomic E-state index is 5.74. The molecule has 0 bridgehead atoms. The minimum atomic E-state index is 0.0175. The van der Waals surface area contributed by atoms with Crippen molar-refractivity contribution in [3.05, 3.63) is 30.7 Å². The number of benzene rings is 1. The summed E-state index contributed by atoms with van der Waals surface area (Å²) in [5.41, 5.74) is 2.37. The lowest BCUT2D eigenvalue weighted by atomic mass is 10.1. The van der Waals surface area contributed by atoms with Crippen LogP contribution >= 0.6 is 0 Å². The Labute approximate surface area is 138 Å². The van der Waals surface area contributed by atoms with Crippen LogP contribution in [0.2, 0.25) is 0 Å². The molecule has 124 valence electrons. The number of imidazole rings is 1. The molecule has 7 nitrogen and oxygen atoms in total. The van der Waals surface area contributed by atoms with Gasteiger partial charge in [-0.2, -0.15) is 0 Å². The number of methoxy groups -OCH3 is 1. The van der Waals surface area contributed by atoms with Gasteiger partial charge >= 0.3 is 0 Å². The van der Waals surface area contributed by atoms with Crippen LogP contribution < -0.4 is 18.9 Å². The molecule has 3 heterocycles. The van der Waals surface area contributed by atoms with Crippen molar-refractivity contribution >= 4 is 5.65 Å². The van der Waals surface area contributed by atoms with Crippen LogP contribution in [0.5, 0.6) is 23.1 Å². The summed E-state index contributed by atoms with van der Waals surface area (Å²) in [4.78, 5) is 8.74. The van der Waals surface area contributed by atoms with Gasteiger partial charge in [-0.3, -0.25) is 4.40 Å². The van der Waals surface area contributed by atoms with E-state index in [1.54, 1.807) is 19.5 Å². The van der Waals surface area contributed by atoms with Crippen LogP contribution in [-0.4, -0.2) is 34.4 Å². The summed E-state index contributed by atoms with van der Waals surface area (Å²) in [5.74, 6) is 2.55. The molecule has 3 aromatic rings. The normalized spacial score (nSPS) is 12.8. The first kappa shape index (κ1) is 14.6. The molecule has 0 atom stereocenters. The fraction of sp³-hybridized carbons (Fsp3) is 0.294. The highest BCUT2D eigenvalue weighted by Gasteiger charge is 2.21. The molecule has 1 aliphatic heterocycles. The number of hydrogen-bond acceptors (Lipinski definition) is 6. The molecule has 4 rings (SSSR count). The van der Waals surface area contributed by atoms with Gasteiger partial charge in [-0.15, -0.1) is 0 Å². The maximum Gasteiger partial charge on any atom is 0.258 e. The van der Waals surface area contributed by atoms with Crippen LogP contribution in [0.4, 0.5) is 0 Å². The zero-order valence-electron chi connectivity index (χ0n) is 13.6. The van der Waals surface area contributed by atoms with E-state index in [9.17, 15) is 0 Å². The van der Waals surface area contributed by atoms with Crippen molar-refractivity contribution in [2.24, 2.45) is 0 Å². The number of rotatable bonds is 4. The van der Waals surface area contributed by atoms with Gasteiger partial charge < -0.3 is 18.9 Å². The van der Waals surface area contributed by atoms with Crippen molar-refractivity contribution in [3.63, 3.8) is 0 Å².